The summed E-state index contributed by atoms with van der Waals surface area (Å²) in [6.07, 6.45) is 3.74. The average molecular weight is 233 g/mol. The van der Waals surface area contributed by atoms with Crippen LogP contribution in [0.15, 0.2) is 24.5 Å². The SMILES string of the molecule is CC1CN(CCNCc2cccnc2)CC1C. The normalized spacial score (nSPS) is 25.3. The highest BCUT2D eigenvalue weighted by Crippen LogP contribution is 2.21. The van der Waals surface area contributed by atoms with Crippen LogP contribution in [0, 0.1) is 11.8 Å². The van der Waals surface area contributed by atoms with Crippen molar-refractivity contribution in [3.05, 3.63) is 30.1 Å². The Hall–Kier alpha value is -0.930. The molecule has 1 saturated heterocycles. The molecule has 0 aliphatic carbocycles. The Balaban J connectivity index is 1.61. The molecular formula is C14H23N3. The number of aromatic nitrogens is 1. The van der Waals surface area contributed by atoms with E-state index in [1.165, 1.54) is 18.7 Å². The van der Waals surface area contributed by atoms with E-state index >= 15 is 0 Å². The molecule has 1 N–H and O–H groups in total. The highest BCUT2D eigenvalue weighted by molar-refractivity contribution is 5.07. The zero-order chi connectivity index (χ0) is 12.1. The molecule has 0 amide bonds. The molecule has 1 fully saturated rings. The fourth-order valence-corrected chi connectivity index (χ4v) is 2.40. The Morgan fingerprint density at radius 1 is 1.35 bits per heavy atom. The predicted octanol–water partition coefficient (Wildman–Crippen LogP) is 1.76. The quantitative estimate of drug-likeness (QED) is 0.786. The number of hydrogen-bond acceptors (Lipinski definition) is 3. The Labute approximate surface area is 104 Å². The first-order valence-electron chi connectivity index (χ1n) is 6.57. The lowest BCUT2D eigenvalue weighted by Crippen LogP contribution is -2.30. The minimum Gasteiger partial charge on any atom is -0.311 e. The first kappa shape index (κ1) is 12.5. The minimum absolute atomic E-state index is 0.855. The molecule has 3 heteroatoms. The average Bonchev–Trinajstić information content (AvgIpc) is 2.66. The maximum atomic E-state index is 4.11. The van der Waals surface area contributed by atoms with Crippen molar-refractivity contribution in [1.29, 1.82) is 0 Å². The van der Waals surface area contributed by atoms with E-state index < -0.39 is 0 Å². The van der Waals surface area contributed by atoms with Crippen LogP contribution in [0.1, 0.15) is 19.4 Å². The molecule has 0 saturated carbocycles. The molecule has 0 bridgehead atoms. The van der Waals surface area contributed by atoms with Gasteiger partial charge in [0.15, 0.2) is 0 Å². The van der Waals surface area contributed by atoms with Crippen LogP contribution < -0.4 is 5.32 Å². The molecule has 0 spiro atoms. The van der Waals surface area contributed by atoms with Gasteiger partial charge < -0.3 is 10.2 Å². The first-order valence-corrected chi connectivity index (χ1v) is 6.57. The van der Waals surface area contributed by atoms with Crippen molar-refractivity contribution >= 4 is 0 Å². The third kappa shape index (κ3) is 3.79. The molecule has 1 aliphatic rings. The first-order chi connectivity index (χ1) is 8.25. The smallest absolute Gasteiger partial charge is 0.0312 e. The molecule has 94 valence electrons. The summed E-state index contributed by atoms with van der Waals surface area (Å²) in [5.41, 5.74) is 1.26. The van der Waals surface area contributed by atoms with Crippen molar-refractivity contribution in [2.75, 3.05) is 26.2 Å². The molecule has 0 aromatic carbocycles. The second-order valence-corrected chi connectivity index (χ2v) is 5.25. The third-order valence-electron chi connectivity index (χ3n) is 3.72. The summed E-state index contributed by atoms with van der Waals surface area (Å²) in [7, 11) is 0. The zero-order valence-electron chi connectivity index (χ0n) is 10.9. The van der Waals surface area contributed by atoms with Crippen LogP contribution in [0.2, 0.25) is 0 Å². The number of pyridine rings is 1. The van der Waals surface area contributed by atoms with Gasteiger partial charge in [0.2, 0.25) is 0 Å². The number of hydrogen-bond donors (Lipinski definition) is 1. The van der Waals surface area contributed by atoms with Crippen molar-refractivity contribution in [2.45, 2.75) is 20.4 Å². The van der Waals surface area contributed by atoms with Gasteiger partial charge in [-0.15, -0.1) is 0 Å². The van der Waals surface area contributed by atoms with Crippen LogP contribution in [-0.2, 0) is 6.54 Å². The fraction of sp³-hybridized carbons (Fsp3) is 0.643. The summed E-state index contributed by atoms with van der Waals surface area (Å²) < 4.78 is 0. The lowest BCUT2D eigenvalue weighted by Gasteiger charge is -2.15. The van der Waals surface area contributed by atoms with Crippen LogP contribution in [0.25, 0.3) is 0 Å². The molecule has 1 aliphatic heterocycles. The molecule has 0 radical (unpaired) electrons. The molecule has 2 rings (SSSR count). The van der Waals surface area contributed by atoms with E-state index in [0.717, 1.165) is 31.5 Å². The van der Waals surface area contributed by atoms with Gasteiger partial charge in [-0.05, 0) is 23.5 Å². The maximum absolute atomic E-state index is 4.11. The van der Waals surface area contributed by atoms with Crippen LogP contribution in [0.4, 0.5) is 0 Å². The number of likely N-dealkylation sites (tertiary alicyclic amines) is 1. The molecule has 2 heterocycles. The highest BCUT2D eigenvalue weighted by Gasteiger charge is 2.24. The Morgan fingerprint density at radius 3 is 2.76 bits per heavy atom. The van der Waals surface area contributed by atoms with Gasteiger partial charge in [-0.25, -0.2) is 0 Å². The van der Waals surface area contributed by atoms with Crippen LogP contribution >= 0.6 is 0 Å². The van der Waals surface area contributed by atoms with Crippen molar-refractivity contribution in [2.24, 2.45) is 11.8 Å². The van der Waals surface area contributed by atoms with Gasteiger partial charge in [-0.1, -0.05) is 19.9 Å². The highest BCUT2D eigenvalue weighted by atomic mass is 15.2. The Morgan fingerprint density at radius 2 is 2.12 bits per heavy atom. The van der Waals surface area contributed by atoms with Gasteiger partial charge in [0.25, 0.3) is 0 Å². The fourth-order valence-electron chi connectivity index (χ4n) is 2.40. The predicted molar refractivity (Wildman–Crippen MR) is 70.7 cm³/mol. The topological polar surface area (TPSA) is 28.2 Å². The zero-order valence-corrected chi connectivity index (χ0v) is 10.9. The van der Waals surface area contributed by atoms with Gasteiger partial charge in [0.05, 0.1) is 0 Å². The molecule has 1 aromatic heterocycles. The second-order valence-electron chi connectivity index (χ2n) is 5.25. The summed E-state index contributed by atoms with van der Waals surface area (Å²) in [6.45, 7) is 10.4. The molecule has 2 atom stereocenters. The molecule has 17 heavy (non-hydrogen) atoms. The van der Waals surface area contributed by atoms with E-state index in [4.69, 9.17) is 0 Å². The van der Waals surface area contributed by atoms with E-state index in [0.29, 0.717) is 0 Å². The lowest BCUT2D eigenvalue weighted by molar-refractivity contribution is 0.321. The molecule has 3 nitrogen and oxygen atoms in total. The Kier molecular flexibility index (Phi) is 4.51. The molecule has 1 aromatic rings. The van der Waals surface area contributed by atoms with E-state index in [1.807, 2.05) is 18.5 Å². The second kappa shape index (κ2) is 6.12. The van der Waals surface area contributed by atoms with Crippen molar-refractivity contribution < 1.29 is 0 Å². The lowest BCUT2D eigenvalue weighted by atomic mass is 10.0. The van der Waals surface area contributed by atoms with Crippen molar-refractivity contribution in [3.63, 3.8) is 0 Å². The van der Waals surface area contributed by atoms with Crippen LogP contribution in [-0.4, -0.2) is 36.1 Å². The molecule has 2 unspecified atom stereocenters. The summed E-state index contributed by atoms with van der Waals surface area (Å²) in [5.74, 6) is 1.71. The maximum Gasteiger partial charge on any atom is 0.0312 e. The monoisotopic (exact) mass is 233 g/mol. The number of nitrogens with one attached hydrogen (secondary N) is 1. The van der Waals surface area contributed by atoms with Gasteiger partial charge in [-0.3, -0.25) is 4.98 Å². The number of nitrogens with zero attached hydrogens (tertiary/aromatic N) is 2. The van der Waals surface area contributed by atoms with E-state index in [-0.39, 0.29) is 0 Å². The van der Waals surface area contributed by atoms with E-state index in [9.17, 15) is 0 Å². The van der Waals surface area contributed by atoms with Crippen molar-refractivity contribution in [1.82, 2.24) is 15.2 Å². The van der Waals surface area contributed by atoms with Crippen LogP contribution in [0.5, 0.6) is 0 Å². The largest absolute Gasteiger partial charge is 0.311 e. The number of rotatable bonds is 5. The minimum atomic E-state index is 0.855. The van der Waals surface area contributed by atoms with E-state index in [2.05, 4.69) is 35.1 Å². The summed E-state index contributed by atoms with van der Waals surface area (Å²) in [5, 5.41) is 3.48. The summed E-state index contributed by atoms with van der Waals surface area (Å²) in [4.78, 5) is 6.67. The van der Waals surface area contributed by atoms with E-state index in [1.54, 1.807) is 0 Å². The third-order valence-corrected chi connectivity index (χ3v) is 3.72. The van der Waals surface area contributed by atoms with Gasteiger partial charge >= 0.3 is 0 Å². The molecular weight excluding hydrogens is 210 g/mol. The summed E-state index contributed by atoms with van der Waals surface area (Å²) in [6, 6.07) is 4.10. The standard InChI is InChI=1S/C14H23N3/c1-12-10-17(11-13(12)2)7-6-16-9-14-4-3-5-15-8-14/h3-5,8,12-13,16H,6-7,9-11H2,1-2H3. The summed E-state index contributed by atoms with van der Waals surface area (Å²) >= 11 is 0. The Bertz CT molecular complexity index is 315. The van der Waals surface area contributed by atoms with Crippen molar-refractivity contribution in [3.8, 4) is 0 Å². The van der Waals surface area contributed by atoms with Crippen LogP contribution in [0.3, 0.4) is 0 Å². The van der Waals surface area contributed by atoms with Gasteiger partial charge in [0, 0.05) is 45.1 Å². The van der Waals surface area contributed by atoms with Gasteiger partial charge in [-0.2, -0.15) is 0 Å². The van der Waals surface area contributed by atoms with Gasteiger partial charge in [0.1, 0.15) is 0 Å².